The Morgan fingerprint density at radius 1 is 1.29 bits per heavy atom. The van der Waals surface area contributed by atoms with Crippen molar-refractivity contribution in [2.45, 2.75) is 51.1 Å². The van der Waals surface area contributed by atoms with Gasteiger partial charge in [-0.1, -0.05) is 37.3 Å². The van der Waals surface area contributed by atoms with Gasteiger partial charge >= 0.3 is 0 Å². The summed E-state index contributed by atoms with van der Waals surface area (Å²) in [6.45, 7) is 3.31. The van der Waals surface area contributed by atoms with Crippen molar-refractivity contribution in [1.82, 2.24) is 14.5 Å². The molecule has 1 atom stereocenters. The fraction of sp³-hybridized carbons (Fsp3) is 0.409. The van der Waals surface area contributed by atoms with E-state index in [-0.39, 0.29) is 17.4 Å². The maximum atomic E-state index is 13.2. The summed E-state index contributed by atoms with van der Waals surface area (Å²) < 4.78 is 1.80. The number of carbonyl (C=O) groups is 1. The third kappa shape index (κ3) is 2.87. The highest BCUT2D eigenvalue weighted by Crippen LogP contribution is 2.36. The van der Waals surface area contributed by atoms with E-state index in [4.69, 9.17) is 0 Å². The third-order valence-electron chi connectivity index (χ3n) is 5.95. The summed E-state index contributed by atoms with van der Waals surface area (Å²) in [7, 11) is 0. The number of hydrogen-bond acceptors (Lipinski definition) is 4. The van der Waals surface area contributed by atoms with Gasteiger partial charge in [0.2, 0.25) is 5.91 Å². The molecule has 0 N–H and O–H groups in total. The molecule has 1 amide bonds. The summed E-state index contributed by atoms with van der Waals surface area (Å²) in [4.78, 5) is 34.6. The SMILES string of the molecule is CCC(C(=O)N1CCc2c(sc3ncn(C4CC4)c(=O)c23)C1)c1ccccc1. The van der Waals surface area contributed by atoms with Crippen molar-refractivity contribution < 1.29 is 4.79 Å². The maximum absolute atomic E-state index is 13.2. The molecule has 28 heavy (non-hydrogen) atoms. The number of fused-ring (bicyclic) bond motifs is 3. The van der Waals surface area contributed by atoms with Crippen LogP contribution in [0.3, 0.4) is 0 Å². The van der Waals surface area contributed by atoms with Crippen LogP contribution in [0.2, 0.25) is 0 Å². The van der Waals surface area contributed by atoms with Crippen LogP contribution in [-0.4, -0.2) is 26.9 Å². The number of amides is 1. The number of nitrogens with zero attached hydrogens (tertiary/aromatic N) is 3. The Labute approximate surface area is 167 Å². The summed E-state index contributed by atoms with van der Waals surface area (Å²) >= 11 is 1.57. The van der Waals surface area contributed by atoms with Gasteiger partial charge in [0, 0.05) is 17.5 Å². The van der Waals surface area contributed by atoms with Crippen molar-refractivity contribution >= 4 is 27.5 Å². The minimum atomic E-state index is -0.109. The third-order valence-corrected chi connectivity index (χ3v) is 7.07. The first-order chi connectivity index (χ1) is 13.7. The van der Waals surface area contributed by atoms with E-state index in [1.54, 1.807) is 22.2 Å². The molecule has 6 heteroatoms. The summed E-state index contributed by atoms with van der Waals surface area (Å²) in [5.74, 6) is 0.0718. The van der Waals surface area contributed by atoms with Gasteiger partial charge in [-0.3, -0.25) is 14.2 Å². The number of aromatic nitrogens is 2. The Morgan fingerprint density at radius 3 is 2.79 bits per heavy atom. The molecular weight excluding hydrogens is 370 g/mol. The fourth-order valence-corrected chi connectivity index (χ4v) is 5.45. The molecule has 144 valence electrons. The Balaban J connectivity index is 1.46. The molecule has 3 heterocycles. The van der Waals surface area contributed by atoms with Gasteiger partial charge in [-0.2, -0.15) is 0 Å². The molecule has 1 aliphatic heterocycles. The van der Waals surface area contributed by atoms with Crippen LogP contribution in [0.4, 0.5) is 0 Å². The second-order valence-corrected chi connectivity index (χ2v) is 8.84. The van der Waals surface area contributed by atoms with Crippen LogP contribution in [0.5, 0.6) is 0 Å². The lowest BCUT2D eigenvalue weighted by Crippen LogP contribution is -2.38. The number of thiophene rings is 1. The van der Waals surface area contributed by atoms with Gasteiger partial charge in [0.1, 0.15) is 4.83 Å². The smallest absolute Gasteiger partial charge is 0.262 e. The molecule has 1 aromatic carbocycles. The van der Waals surface area contributed by atoms with Gasteiger partial charge < -0.3 is 4.90 Å². The summed E-state index contributed by atoms with van der Waals surface area (Å²) in [5, 5.41) is 0.789. The molecule has 1 fully saturated rings. The minimum Gasteiger partial charge on any atom is -0.337 e. The van der Waals surface area contributed by atoms with Crippen LogP contribution in [0, 0.1) is 0 Å². The standard InChI is InChI=1S/C22H23N3O2S/c1-2-16(14-6-4-3-5-7-14)21(26)24-11-10-17-18(12-24)28-20-19(17)22(27)25(13-23-20)15-8-9-15/h3-7,13,15-16H,2,8-12H2,1H3. The van der Waals surface area contributed by atoms with E-state index < -0.39 is 0 Å². The van der Waals surface area contributed by atoms with Crippen LogP contribution in [0.1, 0.15) is 54.1 Å². The molecule has 1 aliphatic carbocycles. The van der Waals surface area contributed by atoms with E-state index in [9.17, 15) is 9.59 Å². The van der Waals surface area contributed by atoms with Gasteiger partial charge in [-0.05, 0) is 36.8 Å². The first-order valence-corrected chi connectivity index (χ1v) is 10.8. The average Bonchev–Trinajstić information content (AvgIpc) is 3.49. The zero-order valence-corrected chi connectivity index (χ0v) is 16.7. The molecule has 2 aliphatic rings. The Bertz CT molecular complexity index is 1100. The zero-order valence-electron chi connectivity index (χ0n) is 15.9. The normalized spacial score (nSPS) is 17.5. The quantitative estimate of drug-likeness (QED) is 0.676. The van der Waals surface area contributed by atoms with Crippen LogP contribution >= 0.6 is 11.3 Å². The average molecular weight is 394 g/mol. The van der Waals surface area contributed by atoms with E-state index in [1.807, 2.05) is 35.2 Å². The molecule has 1 unspecified atom stereocenters. The van der Waals surface area contributed by atoms with E-state index in [0.717, 1.165) is 51.9 Å². The Hall–Kier alpha value is -2.47. The van der Waals surface area contributed by atoms with Crippen molar-refractivity contribution in [2.75, 3.05) is 6.54 Å². The minimum absolute atomic E-state index is 0.0977. The summed E-state index contributed by atoms with van der Waals surface area (Å²) in [5.41, 5.74) is 2.29. The van der Waals surface area contributed by atoms with Crippen LogP contribution < -0.4 is 5.56 Å². The van der Waals surface area contributed by atoms with E-state index in [1.165, 1.54) is 0 Å². The van der Waals surface area contributed by atoms with Crippen molar-refractivity contribution in [3.05, 3.63) is 63.0 Å². The Morgan fingerprint density at radius 2 is 2.07 bits per heavy atom. The lowest BCUT2D eigenvalue weighted by molar-refractivity contribution is -0.133. The molecule has 2 aromatic heterocycles. The largest absolute Gasteiger partial charge is 0.337 e. The zero-order chi connectivity index (χ0) is 19.3. The van der Waals surface area contributed by atoms with Crippen molar-refractivity contribution in [3.63, 3.8) is 0 Å². The fourth-order valence-electron chi connectivity index (χ4n) is 4.26. The number of rotatable bonds is 4. The molecule has 0 radical (unpaired) electrons. The van der Waals surface area contributed by atoms with Crippen LogP contribution in [-0.2, 0) is 17.8 Å². The van der Waals surface area contributed by atoms with E-state index in [2.05, 4.69) is 11.9 Å². The molecule has 1 saturated carbocycles. The van der Waals surface area contributed by atoms with Gasteiger partial charge in [-0.25, -0.2) is 4.98 Å². The number of benzene rings is 1. The molecule has 0 bridgehead atoms. The summed E-state index contributed by atoms with van der Waals surface area (Å²) in [6.07, 6.45) is 5.36. The predicted octanol–water partition coefficient (Wildman–Crippen LogP) is 3.87. The van der Waals surface area contributed by atoms with Gasteiger partial charge in [-0.15, -0.1) is 11.3 Å². The van der Waals surface area contributed by atoms with E-state index in [0.29, 0.717) is 19.1 Å². The van der Waals surface area contributed by atoms with Crippen LogP contribution in [0.15, 0.2) is 41.5 Å². The van der Waals surface area contributed by atoms with Crippen molar-refractivity contribution in [1.29, 1.82) is 0 Å². The molecule has 5 nitrogen and oxygen atoms in total. The van der Waals surface area contributed by atoms with Gasteiger partial charge in [0.25, 0.3) is 5.56 Å². The van der Waals surface area contributed by atoms with Gasteiger partial charge in [0.15, 0.2) is 0 Å². The highest BCUT2D eigenvalue weighted by Gasteiger charge is 2.31. The highest BCUT2D eigenvalue weighted by molar-refractivity contribution is 7.18. The van der Waals surface area contributed by atoms with Crippen molar-refractivity contribution in [2.24, 2.45) is 0 Å². The van der Waals surface area contributed by atoms with Gasteiger partial charge in [0.05, 0.1) is 24.2 Å². The molecule has 0 spiro atoms. The highest BCUT2D eigenvalue weighted by atomic mass is 32.1. The molecule has 5 rings (SSSR count). The molecule has 0 saturated heterocycles. The maximum Gasteiger partial charge on any atom is 0.262 e. The first kappa shape index (κ1) is 17.6. The lowest BCUT2D eigenvalue weighted by atomic mass is 9.94. The lowest BCUT2D eigenvalue weighted by Gasteiger charge is -2.30. The summed E-state index contributed by atoms with van der Waals surface area (Å²) in [6, 6.07) is 10.4. The van der Waals surface area contributed by atoms with Crippen LogP contribution in [0.25, 0.3) is 10.2 Å². The molecular formula is C22H23N3O2S. The second kappa shape index (κ2) is 6.85. The Kier molecular flexibility index (Phi) is 4.31. The predicted molar refractivity (Wildman–Crippen MR) is 111 cm³/mol. The monoisotopic (exact) mass is 393 g/mol. The number of carbonyl (C=O) groups excluding carboxylic acids is 1. The topological polar surface area (TPSA) is 55.2 Å². The first-order valence-electron chi connectivity index (χ1n) is 10.0. The van der Waals surface area contributed by atoms with Crippen molar-refractivity contribution in [3.8, 4) is 0 Å². The van der Waals surface area contributed by atoms with E-state index >= 15 is 0 Å². The second-order valence-electron chi connectivity index (χ2n) is 7.75. The number of hydrogen-bond donors (Lipinski definition) is 0. The molecule has 3 aromatic rings.